The van der Waals surface area contributed by atoms with E-state index in [0.29, 0.717) is 11.1 Å². The Bertz CT molecular complexity index is 2110. The lowest BCUT2D eigenvalue weighted by atomic mass is 10.1. The number of hydrogen-bond donors (Lipinski definition) is 3. The topological polar surface area (TPSA) is 235 Å². The molecular weight excluding hydrogens is 759 g/mol. The molecule has 3 N–H and O–H groups in total. The van der Waals surface area contributed by atoms with E-state index in [1.165, 1.54) is 41.3 Å². The molecule has 0 unspecified atom stereocenters. The van der Waals surface area contributed by atoms with E-state index in [4.69, 9.17) is 9.47 Å². The van der Waals surface area contributed by atoms with Gasteiger partial charge < -0.3 is 30.1 Å². The van der Waals surface area contributed by atoms with Gasteiger partial charge in [0.2, 0.25) is 21.8 Å². The summed E-state index contributed by atoms with van der Waals surface area (Å²) in [5, 5.41) is 27.0. The molecule has 300 valence electrons. The molecular formula is C36H41FN6O12S. The average molecular weight is 801 g/mol. The molecule has 18 nitrogen and oxygen atoms in total. The third-order valence-corrected chi connectivity index (χ3v) is 12.0. The van der Waals surface area contributed by atoms with Crippen molar-refractivity contribution in [3.05, 3.63) is 81.7 Å². The number of halogens is 1. The number of carbonyl (C=O) groups excluding carboxylic acids is 4. The van der Waals surface area contributed by atoms with Crippen LogP contribution in [0, 0.1) is 21.8 Å². The van der Waals surface area contributed by atoms with Crippen molar-refractivity contribution in [2.24, 2.45) is 5.92 Å². The number of ether oxygens (including phenoxy) is 2. The Balaban J connectivity index is 1.33. The van der Waals surface area contributed by atoms with E-state index >= 15 is 0 Å². The fourth-order valence-corrected chi connectivity index (χ4v) is 8.73. The number of fused-ring (bicyclic) bond motifs is 3. The summed E-state index contributed by atoms with van der Waals surface area (Å²) in [7, 11) is -4.66. The number of carboxylic acids is 1. The Labute approximate surface area is 320 Å². The minimum absolute atomic E-state index is 0.0503. The molecule has 6 rings (SSSR count). The largest absolute Gasteiger partial charge is 0.479 e. The van der Waals surface area contributed by atoms with Crippen LogP contribution in [-0.2, 0) is 47.0 Å². The number of nitrogens with zero attached hydrogens (tertiary/aromatic N) is 4. The van der Waals surface area contributed by atoms with Crippen LogP contribution in [0.15, 0.2) is 59.5 Å². The molecule has 0 spiro atoms. The first-order chi connectivity index (χ1) is 26.3. The van der Waals surface area contributed by atoms with Crippen LogP contribution in [0.3, 0.4) is 0 Å². The predicted octanol–water partition coefficient (Wildman–Crippen LogP) is 2.66. The summed E-state index contributed by atoms with van der Waals surface area (Å²) >= 11 is 0. The van der Waals surface area contributed by atoms with Gasteiger partial charge in [-0.15, -0.1) is 0 Å². The second-order valence-corrected chi connectivity index (χ2v) is 17.0. The van der Waals surface area contributed by atoms with E-state index in [0.717, 1.165) is 21.3 Å². The lowest BCUT2D eigenvalue weighted by Crippen LogP contribution is -2.57. The quantitative estimate of drug-likeness (QED) is 0.217. The highest BCUT2D eigenvalue weighted by atomic mass is 32.2. The second-order valence-electron chi connectivity index (χ2n) is 15.1. The third kappa shape index (κ3) is 8.15. The number of alkyl carbamates (subject to hydrolysis) is 1. The van der Waals surface area contributed by atoms with Gasteiger partial charge in [0.15, 0.2) is 4.90 Å². The van der Waals surface area contributed by atoms with Gasteiger partial charge in [0.05, 0.1) is 18.0 Å². The summed E-state index contributed by atoms with van der Waals surface area (Å²) in [5.74, 6) is -4.44. The summed E-state index contributed by atoms with van der Waals surface area (Å²) in [5.41, 5.74) is -2.64. The van der Waals surface area contributed by atoms with Gasteiger partial charge in [-0.3, -0.25) is 24.6 Å². The zero-order valence-corrected chi connectivity index (χ0v) is 31.5. The van der Waals surface area contributed by atoms with Crippen LogP contribution in [0.25, 0.3) is 0 Å². The Morgan fingerprint density at radius 3 is 2.52 bits per heavy atom. The van der Waals surface area contributed by atoms with Gasteiger partial charge >= 0.3 is 18.2 Å². The maximum atomic E-state index is 14.5. The van der Waals surface area contributed by atoms with E-state index in [1.54, 1.807) is 26.8 Å². The number of rotatable bonds is 6. The van der Waals surface area contributed by atoms with Crippen LogP contribution in [0.5, 0.6) is 0 Å². The third-order valence-electron chi connectivity index (χ3n) is 10.1. The minimum atomic E-state index is -4.66. The van der Waals surface area contributed by atoms with Crippen molar-refractivity contribution in [1.29, 1.82) is 0 Å². The fraction of sp³-hybridized carbons (Fsp3) is 0.472. The number of nitro groups is 1. The second kappa shape index (κ2) is 15.1. The Hall–Kier alpha value is -5.63. The van der Waals surface area contributed by atoms with E-state index < -0.39 is 116 Å². The number of sulfonamides is 1. The molecule has 1 saturated heterocycles. The minimum Gasteiger partial charge on any atom is -0.479 e. The van der Waals surface area contributed by atoms with Crippen LogP contribution in [-0.4, -0.2) is 111 Å². The van der Waals surface area contributed by atoms with Crippen LogP contribution >= 0.6 is 0 Å². The molecule has 5 atom stereocenters. The number of amides is 4. The number of carboxylic acid groups (broad SMARTS) is 1. The van der Waals surface area contributed by atoms with Gasteiger partial charge in [0.1, 0.15) is 35.1 Å². The Morgan fingerprint density at radius 2 is 1.84 bits per heavy atom. The molecule has 4 aliphatic rings. The summed E-state index contributed by atoms with van der Waals surface area (Å²) < 4.78 is 54.5. The van der Waals surface area contributed by atoms with Crippen LogP contribution < -0.4 is 10.6 Å². The first kappa shape index (κ1) is 40.0. The summed E-state index contributed by atoms with van der Waals surface area (Å²) in [6, 6.07) is 6.16. The van der Waals surface area contributed by atoms with Gasteiger partial charge in [0, 0.05) is 43.6 Å². The highest BCUT2D eigenvalue weighted by molar-refractivity contribution is 7.89. The van der Waals surface area contributed by atoms with Gasteiger partial charge in [-0.1, -0.05) is 36.4 Å². The number of aliphatic carboxylic acids is 1. The van der Waals surface area contributed by atoms with Crippen molar-refractivity contribution in [3.8, 4) is 0 Å². The summed E-state index contributed by atoms with van der Waals surface area (Å²) in [4.78, 5) is 80.1. The predicted molar refractivity (Wildman–Crippen MR) is 191 cm³/mol. The molecule has 20 heteroatoms. The smallest absolute Gasteiger partial charge is 0.410 e. The molecule has 0 bridgehead atoms. The average Bonchev–Trinajstić information content (AvgIpc) is 3.41. The molecule has 1 saturated carbocycles. The zero-order chi connectivity index (χ0) is 40.7. The first-order valence-corrected chi connectivity index (χ1v) is 19.2. The monoisotopic (exact) mass is 800 g/mol. The maximum absolute atomic E-state index is 14.5. The molecule has 2 aromatic rings. The molecule has 3 aliphatic heterocycles. The molecule has 3 heterocycles. The number of carbonyl (C=O) groups is 5. The van der Waals surface area contributed by atoms with E-state index in [1.807, 2.05) is 0 Å². The first-order valence-electron chi connectivity index (χ1n) is 17.8. The summed E-state index contributed by atoms with van der Waals surface area (Å²) in [6.45, 7) is 3.40. The van der Waals surface area contributed by atoms with Gasteiger partial charge in [-0.2, -0.15) is 4.31 Å². The van der Waals surface area contributed by atoms with E-state index in [-0.39, 0.29) is 32.5 Å². The normalized spacial score (nSPS) is 26.1. The Kier molecular flexibility index (Phi) is 10.8. The van der Waals surface area contributed by atoms with Gasteiger partial charge in [0.25, 0.3) is 5.69 Å². The van der Waals surface area contributed by atoms with E-state index in [9.17, 15) is 52.0 Å². The molecule has 4 amide bonds. The molecule has 2 aromatic carbocycles. The Morgan fingerprint density at radius 1 is 1.11 bits per heavy atom. The number of nitrogens with one attached hydrogen (secondary N) is 2. The van der Waals surface area contributed by atoms with Crippen LogP contribution in [0.2, 0.25) is 0 Å². The molecule has 0 radical (unpaired) electrons. The number of nitro benzene ring substituents is 1. The zero-order valence-electron chi connectivity index (χ0n) is 30.7. The standard InChI is InChI=1S/C36H41FN6O12S/c1-35(2,3)55-33(48)38-26-13-15-41(56(52,53)29-12-5-4-11-27(29)43(50)51)14-7-9-22-17-36(22,32(46)47)39-30(44)28-16-23(19-42(28)31(26)45)54-34(49)40-18-21-8-6-10-25(37)24(21)20-40/h4-12,22-23,26,28H,13-20H2,1-3H3,(H,38,48)(H,39,44)(H,46,47)/b9-7-/t22-,23-,26+,28+,36-/m1/s1. The maximum Gasteiger partial charge on any atom is 0.410 e. The van der Waals surface area contributed by atoms with Crippen molar-refractivity contribution in [1.82, 2.24) is 24.7 Å². The van der Waals surface area contributed by atoms with Crippen molar-refractivity contribution in [3.63, 3.8) is 0 Å². The summed E-state index contributed by atoms with van der Waals surface area (Å²) in [6.07, 6.45) is -0.990. The van der Waals surface area contributed by atoms with E-state index in [2.05, 4.69) is 10.6 Å². The van der Waals surface area contributed by atoms with Crippen molar-refractivity contribution < 1.29 is 56.3 Å². The molecule has 56 heavy (non-hydrogen) atoms. The van der Waals surface area contributed by atoms with Crippen molar-refractivity contribution in [2.75, 3.05) is 19.6 Å². The lowest BCUT2D eigenvalue weighted by molar-refractivity contribution is -0.387. The van der Waals surface area contributed by atoms with Crippen molar-refractivity contribution in [2.45, 2.75) is 87.3 Å². The van der Waals surface area contributed by atoms with Crippen LogP contribution in [0.4, 0.5) is 19.7 Å². The number of para-hydroxylation sites is 1. The number of hydrogen-bond acceptors (Lipinski definition) is 11. The van der Waals surface area contributed by atoms with Gasteiger partial charge in [-0.05, 0) is 51.3 Å². The molecule has 2 fully saturated rings. The molecule has 0 aromatic heterocycles. The van der Waals surface area contributed by atoms with Crippen LogP contribution in [0.1, 0.15) is 51.2 Å². The van der Waals surface area contributed by atoms with Gasteiger partial charge in [-0.25, -0.2) is 27.2 Å². The highest BCUT2D eigenvalue weighted by Crippen LogP contribution is 2.45. The van der Waals surface area contributed by atoms with Crippen molar-refractivity contribution >= 4 is 45.7 Å². The highest BCUT2D eigenvalue weighted by Gasteiger charge is 2.61. The SMILES string of the molecule is CC(C)(C)OC(=O)N[C@H]1CCN(S(=O)(=O)c2ccccc2[N+](=O)[O-])C/C=C\[C@@H]2C[C@@]2(C(=O)O)NC(=O)[C@@H]2C[C@@H](OC(=O)N3Cc4cccc(F)c4C3)CN2C1=O. The number of benzene rings is 2. The fourth-order valence-electron chi connectivity index (χ4n) is 7.17. The lowest BCUT2D eigenvalue weighted by Gasteiger charge is -2.31. The molecule has 1 aliphatic carbocycles.